The summed E-state index contributed by atoms with van der Waals surface area (Å²) in [7, 11) is 1.63. The lowest BCUT2D eigenvalue weighted by Crippen LogP contribution is -2.18. The lowest BCUT2D eigenvalue weighted by atomic mass is 10.0. The number of nitrogens with one attached hydrogen (secondary N) is 2. The molecule has 3 aromatic rings. The van der Waals surface area contributed by atoms with Crippen LogP contribution in [0, 0.1) is 0 Å². The quantitative estimate of drug-likeness (QED) is 0.777. The predicted octanol–water partition coefficient (Wildman–Crippen LogP) is 3.28. The van der Waals surface area contributed by atoms with Crippen LogP contribution < -0.4 is 10.6 Å². The highest BCUT2D eigenvalue weighted by Crippen LogP contribution is 2.31. The molecule has 5 heteroatoms. The third kappa shape index (κ3) is 2.57. The Bertz CT molecular complexity index is 880. The molecule has 0 spiro atoms. The fourth-order valence-corrected chi connectivity index (χ4v) is 3.20. The van der Waals surface area contributed by atoms with Crippen molar-refractivity contribution in [1.29, 1.82) is 0 Å². The minimum absolute atomic E-state index is 0.134. The van der Waals surface area contributed by atoms with Gasteiger partial charge in [0.05, 0.1) is 11.6 Å². The summed E-state index contributed by atoms with van der Waals surface area (Å²) in [4.78, 5) is 16.9. The molecule has 1 amide bonds. The van der Waals surface area contributed by atoms with Crippen LogP contribution in [0.5, 0.6) is 0 Å². The molecule has 1 atom stereocenters. The Morgan fingerprint density at radius 1 is 1.25 bits per heavy atom. The second-order valence-corrected chi connectivity index (χ2v) is 6.02. The highest BCUT2D eigenvalue weighted by Gasteiger charge is 2.24. The summed E-state index contributed by atoms with van der Waals surface area (Å²) in [5, 5.41) is 6.08. The van der Waals surface area contributed by atoms with Crippen molar-refractivity contribution in [2.24, 2.45) is 0 Å². The Morgan fingerprint density at radius 2 is 2.08 bits per heavy atom. The normalized spacial score (nSPS) is 17.3. The third-order valence-electron chi connectivity index (χ3n) is 4.45. The van der Waals surface area contributed by atoms with Crippen LogP contribution in [0.15, 0.2) is 46.9 Å². The van der Waals surface area contributed by atoms with Crippen molar-refractivity contribution in [3.63, 3.8) is 0 Å². The molecular formula is C19H19N3O2. The van der Waals surface area contributed by atoms with Gasteiger partial charge in [-0.1, -0.05) is 30.3 Å². The van der Waals surface area contributed by atoms with Gasteiger partial charge in [-0.2, -0.15) is 0 Å². The van der Waals surface area contributed by atoms with Crippen molar-refractivity contribution in [3.05, 3.63) is 53.9 Å². The Morgan fingerprint density at radius 3 is 2.79 bits per heavy atom. The number of amides is 1. The van der Waals surface area contributed by atoms with Crippen molar-refractivity contribution in [2.75, 3.05) is 13.6 Å². The van der Waals surface area contributed by atoms with Crippen LogP contribution in [0.3, 0.4) is 0 Å². The molecule has 1 aliphatic rings. The molecule has 24 heavy (non-hydrogen) atoms. The molecular weight excluding hydrogens is 302 g/mol. The summed E-state index contributed by atoms with van der Waals surface area (Å²) < 4.78 is 6.00. The molecule has 0 saturated carbocycles. The van der Waals surface area contributed by atoms with Crippen LogP contribution in [-0.2, 0) is 0 Å². The second-order valence-electron chi connectivity index (χ2n) is 6.02. The molecule has 0 bridgehead atoms. The van der Waals surface area contributed by atoms with E-state index in [1.807, 2.05) is 42.5 Å². The van der Waals surface area contributed by atoms with Gasteiger partial charge in [0.1, 0.15) is 5.52 Å². The molecule has 2 aromatic carbocycles. The van der Waals surface area contributed by atoms with Gasteiger partial charge in [0, 0.05) is 7.05 Å². The number of fused-ring (bicyclic) bond motifs is 1. The summed E-state index contributed by atoms with van der Waals surface area (Å²) in [5.41, 5.74) is 3.81. The molecule has 0 radical (unpaired) electrons. The van der Waals surface area contributed by atoms with Gasteiger partial charge in [0.25, 0.3) is 5.91 Å². The van der Waals surface area contributed by atoms with E-state index >= 15 is 0 Å². The van der Waals surface area contributed by atoms with Crippen molar-refractivity contribution in [3.8, 4) is 11.1 Å². The van der Waals surface area contributed by atoms with Crippen LogP contribution in [0.4, 0.5) is 0 Å². The largest absolute Gasteiger partial charge is 0.439 e. The minimum Gasteiger partial charge on any atom is -0.439 e. The van der Waals surface area contributed by atoms with E-state index in [2.05, 4.69) is 15.6 Å². The average Bonchev–Trinajstić information content (AvgIpc) is 3.29. The number of rotatable bonds is 3. The van der Waals surface area contributed by atoms with Crippen LogP contribution in [0.1, 0.15) is 35.1 Å². The maximum Gasteiger partial charge on any atom is 0.253 e. The van der Waals surface area contributed by atoms with Crippen LogP contribution in [-0.4, -0.2) is 24.5 Å². The Kier molecular flexibility index (Phi) is 3.78. The van der Waals surface area contributed by atoms with E-state index in [9.17, 15) is 4.79 Å². The van der Waals surface area contributed by atoms with E-state index in [1.165, 1.54) is 0 Å². The zero-order valence-electron chi connectivity index (χ0n) is 13.5. The molecule has 1 fully saturated rings. The van der Waals surface area contributed by atoms with Gasteiger partial charge in [-0.15, -0.1) is 0 Å². The smallest absolute Gasteiger partial charge is 0.253 e. The van der Waals surface area contributed by atoms with Crippen LogP contribution in [0.2, 0.25) is 0 Å². The van der Waals surface area contributed by atoms with Gasteiger partial charge in [0.2, 0.25) is 5.89 Å². The second kappa shape index (κ2) is 6.09. The van der Waals surface area contributed by atoms with Gasteiger partial charge in [0.15, 0.2) is 5.58 Å². The summed E-state index contributed by atoms with van der Waals surface area (Å²) >= 11 is 0. The molecule has 122 valence electrons. The van der Waals surface area contributed by atoms with E-state index in [-0.39, 0.29) is 11.9 Å². The molecule has 1 aliphatic heterocycles. The lowest BCUT2D eigenvalue weighted by Gasteiger charge is -2.05. The standard InChI is InChI=1S/C19H19N3O2/c1-20-18(23)14-10-13(12-6-3-2-4-7-12)11-16-17(14)22-19(24-16)15-8-5-9-21-15/h2-4,6-7,10-11,15,21H,5,8-9H2,1H3,(H,20,23). The number of nitrogens with zero attached hydrogens (tertiary/aromatic N) is 1. The van der Waals surface area contributed by atoms with E-state index in [1.54, 1.807) is 7.05 Å². The van der Waals surface area contributed by atoms with E-state index in [0.29, 0.717) is 22.6 Å². The van der Waals surface area contributed by atoms with E-state index in [0.717, 1.165) is 30.5 Å². The highest BCUT2D eigenvalue weighted by atomic mass is 16.3. The van der Waals surface area contributed by atoms with Gasteiger partial charge in [-0.05, 0) is 42.6 Å². The first-order valence-corrected chi connectivity index (χ1v) is 8.21. The lowest BCUT2D eigenvalue weighted by molar-refractivity contribution is 0.0964. The number of carbonyl (C=O) groups excluding carboxylic acids is 1. The summed E-state index contributed by atoms with van der Waals surface area (Å²) in [6, 6.07) is 13.9. The first-order chi connectivity index (χ1) is 11.8. The maximum atomic E-state index is 12.3. The Balaban J connectivity index is 1.89. The number of carbonyl (C=O) groups is 1. The maximum absolute atomic E-state index is 12.3. The van der Waals surface area contributed by atoms with E-state index < -0.39 is 0 Å². The van der Waals surface area contributed by atoms with Crippen molar-refractivity contribution in [2.45, 2.75) is 18.9 Å². The molecule has 1 saturated heterocycles. The zero-order chi connectivity index (χ0) is 16.5. The van der Waals surface area contributed by atoms with Crippen LogP contribution >= 0.6 is 0 Å². The van der Waals surface area contributed by atoms with Crippen molar-refractivity contribution >= 4 is 17.0 Å². The zero-order valence-corrected chi connectivity index (χ0v) is 13.5. The van der Waals surface area contributed by atoms with Crippen molar-refractivity contribution in [1.82, 2.24) is 15.6 Å². The van der Waals surface area contributed by atoms with Gasteiger partial charge >= 0.3 is 0 Å². The van der Waals surface area contributed by atoms with Crippen molar-refractivity contribution < 1.29 is 9.21 Å². The number of oxazole rings is 1. The average molecular weight is 321 g/mol. The number of hydrogen-bond acceptors (Lipinski definition) is 4. The fourth-order valence-electron chi connectivity index (χ4n) is 3.20. The van der Waals surface area contributed by atoms with Gasteiger partial charge in [-0.25, -0.2) is 4.98 Å². The fraction of sp³-hybridized carbons (Fsp3) is 0.263. The number of aromatic nitrogens is 1. The Labute approximate surface area is 140 Å². The number of hydrogen-bond donors (Lipinski definition) is 2. The summed E-state index contributed by atoms with van der Waals surface area (Å²) in [6.45, 7) is 0.973. The first-order valence-electron chi connectivity index (χ1n) is 8.21. The molecule has 2 heterocycles. The van der Waals surface area contributed by atoms with E-state index in [4.69, 9.17) is 4.42 Å². The molecule has 1 unspecified atom stereocenters. The molecule has 2 N–H and O–H groups in total. The molecule has 0 aliphatic carbocycles. The third-order valence-corrected chi connectivity index (χ3v) is 4.45. The SMILES string of the molecule is CNC(=O)c1cc(-c2ccccc2)cc2oc(C3CCCN3)nc12. The van der Waals surface area contributed by atoms with Gasteiger partial charge in [-0.3, -0.25) is 4.79 Å². The minimum atomic E-state index is -0.156. The highest BCUT2D eigenvalue weighted by molar-refractivity contribution is 6.06. The monoisotopic (exact) mass is 321 g/mol. The first kappa shape index (κ1) is 14.9. The predicted molar refractivity (Wildman–Crippen MR) is 92.8 cm³/mol. The summed E-state index contributed by atoms with van der Waals surface area (Å²) in [5.74, 6) is 0.509. The van der Waals surface area contributed by atoms with Gasteiger partial charge < -0.3 is 15.1 Å². The molecule has 4 rings (SSSR count). The van der Waals surface area contributed by atoms with Crippen LogP contribution in [0.25, 0.3) is 22.2 Å². The Hall–Kier alpha value is -2.66. The molecule has 5 nitrogen and oxygen atoms in total. The topological polar surface area (TPSA) is 67.2 Å². The number of benzene rings is 2. The summed E-state index contributed by atoms with van der Waals surface area (Å²) in [6.07, 6.45) is 2.12. The molecule has 1 aromatic heterocycles.